The fraction of sp³-hybridized carbons (Fsp3) is 0.824. The van der Waals surface area contributed by atoms with E-state index in [-0.39, 0.29) is 0 Å². The summed E-state index contributed by atoms with van der Waals surface area (Å²) in [6.45, 7) is 2.24. The molecule has 0 bridgehead atoms. The van der Waals surface area contributed by atoms with E-state index in [1.165, 1.54) is 70.3 Å². The number of carbonyl (C=O) groups is 1. The lowest BCUT2D eigenvalue weighted by Gasteiger charge is -2.02. The summed E-state index contributed by atoms with van der Waals surface area (Å²) in [7, 11) is 0. The van der Waals surface area contributed by atoms with Crippen LogP contribution in [0.2, 0.25) is 0 Å². The Labute approximate surface area is 123 Å². The average molecular weight is 286 g/mol. The highest BCUT2D eigenvalue weighted by Crippen LogP contribution is 2.13. The van der Waals surface area contributed by atoms with E-state index >= 15 is 0 Å². The molecule has 0 radical (unpaired) electrons. The van der Waals surface area contributed by atoms with Crippen LogP contribution in [0.15, 0.2) is 11.9 Å². The molecule has 0 aliphatic rings. The van der Waals surface area contributed by atoms with Crippen molar-refractivity contribution >= 4 is 5.97 Å². The summed E-state index contributed by atoms with van der Waals surface area (Å²) in [5, 5.41) is 8.33. The van der Waals surface area contributed by atoms with Gasteiger partial charge in [-0.15, -0.1) is 0 Å². The molecular weight excluding hydrogens is 255 g/mol. The van der Waals surface area contributed by atoms with Crippen LogP contribution in [0, 0.1) is 0 Å². The van der Waals surface area contributed by atoms with E-state index in [0.29, 0.717) is 6.42 Å². The van der Waals surface area contributed by atoms with Gasteiger partial charge in [0.2, 0.25) is 5.83 Å². The van der Waals surface area contributed by atoms with E-state index in [2.05, 4.69) is 6.92 Å². The number of unbranched alkanes of at least 4 members (excludes halogenated alkanes) is 12. The van der Waals surface area contributed by atoms with Crippen LogP contribution in [0.25, 0.3) is 0 Å². The van der Waals surface area contributed by atoms with Crippen LogP contribution in [0.4, 0.5) is 4.39 Å². The number of hydrogen-bond acceptors (Lipinski definition) is 1. The van der Waals surface area contributed by atoms with Crippen LogP contribution >= 0.6 is 0 Å². The standard InChI is InChI=1S/C17H31FO2/c1-2-3-4-5-6-7-8-9-10-11-12-13-14-15-16(18)17(19)20/h15H,2-14H2,1H3,(H,19,20). The maximum absolute atomic E-state index is 12.6. The van der Waals surface area contributed by atoms with Crippen molar-refractivity contribution in [2.24, 2.45) is 0 Å². The Bertz CT molecular complexity index is 262. The van der Waals surface area contributed by atoms with Crippen molar-refractivity contribution in [3.05, 3.63) is 11.9 Å². The Hall–Kier alpha value is -0.860. The van der Waals surface area contributed by atoms with E-state index in [0.717, 1.165) is 12.8 Å². The summed E-state index contributed by atoms with van der Waals surface area (Å²) in [4.78, 5) is 10.2. The molecule has 0 atom stereocenters. The molecule has 1 N–H and O–H groups in total. The number of aliphatic carboxylic acids is 1. The largest absolute Gasteiger partial charge is 0.476 e. The fourth-order valence-electron chi connectivity index (χ4n) is 2.30. The van der Waals surface area contributed by atoms with Crippen molar-refractivity contribution in [1.82, 2.24) is 0 Å². The highest BCUT2D eigenvalue weighted by Gasteiger charge is 2.02. The van der Waals surface area contributed by atoms with Gasteiger partial charge in [-0.1, -0.05) is 77.6 Å². The summed E-state index contributed by atoms with van der Waals surface area (Å²) >= 11 is 0. The van der Waals surface area contributed by atoms with Gasteiger partial charge in [-0.25, -0.2) is 4.79 Å². The quantitative estimate of drug-likeness (QED) is 0.313. The second-order valence-electron chi connectivity index (χ2n) is 5.53. The van der Waals surface area contributed by atoms with E-state index in [1.807, 2.05) is 0 Å². The normalized spacial score (nSPS) is 11.8. The van der Waals surface area contributed by atoms with Crippen molar-refractivity contribution in [2.75, 3.05) is 0 Å². The molecular formula is C17H31FO2. The van der Waals surface area contributed by atoms with Gasteiger partial charge in [-0.05, 0) is 18.9 Å². The van der Waals surface area contributed by atoms with E-state index in [9.17, 15) is 9.18 Å². The maximum atomic E-state index is 12.6. The molecule has 0 saturated heterocycles. The summed E-state index contributed by atoms with van der Waals surface area (Å²) < 4.78 is 12.6. The summed E-state index contributed by atoms with van der Waals surface area (Å²) in [6, 6.07) is 0. The SMILES string of the molecule is CCCCCCCCCCCCCCC=C(F)C(=O)O. The number of carboxylic acids is 1. The van der Waals surface area contributed by atoms with Crippen LogP contribution in [-0.4, -0.2) is 11.1 Å². The zero-order chi connectivity index (χ0) is 15.1. The Morgan fingerprint density at radius 1 is 0.850 bits per heavy atom. The van der Waals surface area contributed by atoms with Gasteiger partial charge in [0.05, 0.1) is 0 Å². The molecule has 0 unspecified atom stereocenters. The van der Waals surface area contributed by atoms with Crippen LogP contribution in [0.1, 0.15) is 90.4 Å². The third kappa shape index (κ3) is 13.6. The van der Waals surface area contributed by atoms with Gasteiger partial charge in [-0.2, -0.15) is 4.39 Å². The predicted octanol–water partition coefficient (Wildman–Crippen LogP) is 6.02. The lowest BCUT2D eigenvalue weighted by molar-refractivity contribution is -0.134. The number of carboxylic acid groups (broad SMARTS) is 1. The minimum absolute atomic E-state index is 0.537. The zero-order valence-corrected chi connectivity index (χ0v) is 13.0. The van der Waals surface area contributed by atoms with Gasteiger partial charge in [0, 0.05) is 0 Å². The minimum atomic E-state index is -1.45. The molecule has 0 spiro atoms. The van der Waals surface area contributed by atoms with Crippen LogP contribution in [0.3, 0.4) is 0 Å². The monoisotopic (exact) mass is 286 g/mol. The molecule has 0 fully saturated rings. The smallest absolute Gasteiger partial charge is 0.364 e. The molecule has 0 aliphatic carbocycles. The first-order valence-electron chi connectivity index (χ1n) is 8.27. The first-order chi connectivity index (χ1) is 9.68. The number of rotatable bonds is 14. The molecule has 2 nitrogen and oxygen atoms in total. The summed E-state index contributed by atoms with van der Waals surface area (Å²) in [6.07, 6.45) is 16.9. The Balaban J connectivity index is 3.14. The van der Waals surface area contributed by atoms with Crippen molar-refractivity contribution in [1.29, 1.82) is 0 Å². The minimum Gasteiger partial charge on any atom is -0.476 e. The third-order valence-electron chi connectivity index (χ3n) is 3.59. The first-order valence-corrected chi connectivity index (χ1v) is 8.27. The Morgan fingerprint density at radius 3 is 1.65 bits per heavy atom. The van der Waals surface area contributed by atoms with Gasteiger partial charge >= 0.3 is 5.97 Å². The van der Waals surface area contributed by atoms with Crippen molar-refractivity contribution in [3.8, 4) is 0 Å². The topological polar surface area (TPSA) is 37.3 Å². The van der Waals surface area contributed by atoms with E-state index in [1.54, 1.807) is 0 Å². The molecule has 0 aromatic rings. The fourth-order valence-corrected chi connectivity index (χ4v) is 2.30. The highest BCUT2D eigenvalue weighted by atomic mass is 19.1. The van der Waals surface area contributed by atoms with Gasteiger partial charge in [0.15, 0.2) is 0 Å². The van der Waals surface area contributed by atoms with Crippen LogP contribution in [-0.2, 0) is 4.79 Å². The molecule has 0 heterocycles. The maximum Gasteiger partial charge on any atom is 0.364 e. The summed E-state index contributed by atoms with van der Waals surface area (Å²) in [5.41, 5.74) is 0. The molecule has 0 aromatic heterocycles. The van der Waals surface area contributed by atoms with Gasteiger partial charge in [-0.3, -0.25) is 0 Å². The molecule has 20 heavy (non-hydrogen) atoms. The highest BCUT2D eigenvalue weighted by molar-refractivity contribution is 5.83. The lowest BCUT2D eigenvalue weighted by Crippen LogP contribution is -1.94. The van der Waals surface area contributed by atoms with Crippen LogP contribution in [0.5, 0.6) is 0 Å². The van der Waals surface area contributed by atoms with Gasteiger partial charge in [0.25, 0.3) is 0 Å². The number of halogens is 1. The molecule has 0 aromatic carbocycles. The second kappa shape index (κ2) is 14.5. The second-order valence-corrected chi connectivity index (χ2v) is 5.53. The van der Waals surface area contributed by atoms with E-state index < -0.39 is 11.8 Å². The first kappa shape index (κ1) is 19.1. The van der Waals surface area contributed by atoms with Gasteiger partial charge < -0.3 is 5.11 Å². The summed E-state index contributed by atoms with van der Waals surface area (Å²) in [5.74, 6) is -2.47. The molecule has 0 aliphatic heterocycles. The molecule has 118 valence electrons. The molecule has 3 heteroatoms. The van der Waals surface area contributed by atoms with Crippen molar-refractivity contribution < 1.29 is 14.3 Å². The van der Waals surface area contributed by atoms with E-state index in [4.69, 9.17) is 5.11 Å². The lowest BCUT2D eigenvalue weighted by atomic mass is 10.0. The van der Waals surface area contributed by atoms with Gasteiger partial charge in [0.1, 0.15) is 0 Å². The zero-order valence-electron chi connectivity index (χ0n) is 13.0. The Kier molecular flexibility index (Phi) is 13.9. The van der Waals surface area contributed by atoms with Crippen molar-refractivity contribution in [3.63, 3.8) is 0 Å². The number of hydrogen-bond donors (Lipinski definition) is 1. The molecule has 0 amide bonds. The average Bonchev–Trinajstić information content (AvgIpc) is 2.43. The molecule has 0 rings (SSSR count). The van der Waals surface area contributed by atoms with Crippen molar-refractivity contribution in [2.45, 2.75) is 90.4 Å². The number of allylic oxidation sites excluding steroid dienone is 1. The predicted molar refractivity (Wildman–Crippen MR) is 82.5 cm³/mol. The molecule has 0 saturated carbocycles. The Morgan fingerprint density at radius 2 is 1.25 bits per heavy atom. The third-order valence-corrected chi connectivity index (χ3v) is 3.59. The van der Waals surface area contributed by atoms with Crippen LogP contribution < -0.4 is 0 Å².